The van der Waals surface area contributed by atoms with Crippen LogP contribution in [0, 0.1) is 0 Å². The Morgan fingerprint density at radius 2 is 2.50 bits per heavy atom. The van der Waals surface area contributed by atoms with Crippen LogP contribution >= 0.6 is 0 Å². The first-order valence-electron chi connectivity index (χ1n) is 2.83. The summed E-state index contributed by atoms with van der Waals surface area (Å²) in [6, 6.07) is 0. The topological polar surface area (TPSA) is 47.8 Å². The van der Waals surface area contributed by atoms with Crippen molar-refractivity contribution in [2.24, 2.45) is 0 Å². The smallest absolute Gasteiger partial charge is 0.154 e. The first-order valence-corrected chi connectivity index (χ1v) is 2.83. The van der Waals surface area contributed by atoms with E-state index in [9.17, 15) is 4.79 Å². The van der Waals surface area contributed by atoms with Crippen molar-refractivity contribution in [1.29, 1.82) is 0 Å². The maximum atomic E-state index is 10.4. The third-order valence-corrected chi connectivity index (χ3v) is 0.903. The molecule has 0 saturated carbocycles. The summed E-state index contributed by atoms with van der Waals surface area (Å²) in [6.07, 6.45) is 6.17. The van der Waals surface area contributed by atoms with Gasteiger partial charge >= 0.3 is 0 Å². The molecule has 0 N–H and O–H groups in total. The number of nitrogens with zero attached hydrogens (tertiary/aromatic N) is 3. The molecule has 1 aromatic heterocycles. The lowest BCUT2D eigenvalue weighted by molar-refractivity contribution is -0.112. The van der Waals surface area contributed by atoms with E-state index in [-0.39, 0.29) is 5.78 Å². The summed E-state index contributed by atoms with van der Waals surface area (Å²) in [4.78, 5) is 10.4. The molecule has 1 heterocycles. The second-order valence-corrected chi connectivity index (χ2v) is 1.81. The molecule has 0 saturated heterocycles. The van der Waals surface area contributed by atoms with E-state index in [2.05, 4.69) is 10.3 Å². The molecule has 0 atom stereocenters. The highest BCUT2D eigenvalue weighted by molar-refractivity contribution is 5.89. The van der Waals surface area contributed by atoms with Crippen LogP contribution in [0.15, 0.2) is 18.5 Å². The van der Waals surface area contributed by atoms with Gasteiger partial charge < -0.3 is 0 Å². The molecular weight excluding hydrogens is 130 g/mol. The fourth-order valence-corrected chi connectivity index (χ4v) is 0.478. The normalized spacial score (nSPS) is 10.5. The Kier molecular flexibility index (Phi) is 1.94. The van der Waals surface area contributed by atoms with Crippen LogP contribution in [0.2, 0.25) is 0 Å². The summed E-state index contributed by atoms with van der Waals surface area (Å²) in [5, 5.41) is 7.17. The molecule has 4 heteroatoms. The van der Waals surface area contributed by atoms with Gasteiger partial charge in [-0.1, -0.05) is 5.21 Å². The van der Waals surface area contributed by atoms with Crippen molar-refractivity contribution < 1.29 is 4.79 Å². The van der Waals surface area contributed by atoms with E-state index in [4.69, 9.17) is 0 Å². The van der Waals surface area contributed by atoms with E-state index < -0.39 is 0 Å². The Labute approximate surface area is 58.2 Å². The Bertz CT molecular complexity index is 238. The summed E-state index contributed by atoms with van der Waals surface area (Å²) in [5.41, 5.74) is 0. The number of hydrogen-bond acceptors (Lipinski definition) is 3. The van der Waals surface area contributed by atoms with Crippen LogP contribution in [0.25, 0.3) is 6.20 Å². The van der Waals surface area contributed by atoms with E-state index in [0.717, 1.165) is 0 Å². The summed E-state index contributed by atoms with van der Waals surface area (Å²) >= 11 is 0. The minimum atomic E-state index is -0.00417. The van der Waals surface area contributed by atoms with Crippen molar-refractivity contribution in [3.8, 4) is 0 Å². The fourth-order valence-electron chi connectivity index (χ4n) is 0.478. The number of allylic oxidation sites excluding steroid dienone is 1. The fraction of sp³-hybridized carbons (Fsp3) is 0.167. The quantitative estimate of drug-likeness (QED) is 0.552. The number of carbonyl (C=O) groups is 1. The molecule has 1 rings (SSSR count). The lowest BCUT2D eigenvalue weighted by atomic mass is 10.4. The zero-order valence-electron chi connectivity index (χ0n) is 5.56. The minimum Gasteiger partial charge on any atom is -0.295 e. The highest BCUT2D eigenvalue weighted by atomic mass is 16.1. The van der Waals surface area contributed by atoms with Gasteiger partial charge in [-0.3, -0.25) is 4.79 Å². The van der Waals surface area contributed by atoms with E-state index in [1.165, 1.54) is 17.7 Å². The lowest BCUT2D eigenvalue weighted by Gasteiger charge is -1.83. The van der Waals surface area contributed by atoms with Crippen molar-refractivity contribution in [3.05, 3.63) is 18.5 Å². The second-order valence-electron chi connectivity index (χ2n) is 1.81. The summed E-state index contributed by atoms with van der Waals surface area (Å²) in [6.45, 7) is 1.48. The highest BCUT2D eigenvalue weighted by Crippen LogP contribution is 1.82. The summed E-state index contributed by atoms with van der Waals surface area (Å²) in [5.74, 6) is -0.00417. The molecule has 0 aliphatic heterocycles. The van der Waals surface area contributed by atoms with Gasteiger partial charge in [0.15, 0.2) is 5.78 Å². The minimum absolute atomic E-state index is 0.00417. The monoisotopic (exact) mass is 137 g/mol. The van der Waals surface area contributed by atoms with E-state index >= 15 is 0 Å². The first-order chi connectivity index (χ1) is 4.79. The van der Waals surface area contributed by atoms with Gasteiger partial charge in [0.25, 0.3) is 0 Å². The van der Waals surface area contributed by atoms with Gasteiger partial charge in [-0.25, -0.2) is 4.68 Å². The van der Waals surface area contributed by atoms with Crippen molar-refractivity contribution in [1.82, 2.24) is 15.0 Å². The molecule has 0 aromatic carbocycles. The van der Waals surface area contributed by atoms with Crippen molar-refractivity contribution in [2.45, 2.75) is 6.92 Å². The Hall–Kier alpha value is -1.45. The molecule has 0 bridgehead atoms. The lowest BCUT2D eigenvalue weighted by Crippen LogP contribution is -1.88. The SMILES string of the molecule is CC(=O)C=Cn1ccnn1. The van der Waals surface area contributed by atoms with Gasteiger partial charge in [-0.05, 0) is 13.0 Å². The van der Waals surface area contributed by atoms with Gasteiger partial charge in [0.2, 0.25) is 0 Å². The van der Waals surface area contributed by atoms with Crippen LogP contribution in [0.1, 0.15) is 6.92 Å². The first kappa shape index (κ1) is 6.67. The molecule has 0 fully saturated rings. The van der Waals surface area contributed by atoms with Crippen molar-refractivity contribution in [2.75, 3.05) is 0 Å². The Balaban J connectivity index is 2.64. The van der Waals surface area contributed by atoms with Crippen molar-refractivity contribution in [3.63, 3.8) is 0 Å². The zero-order chi connectivity index (χ0) is 7.40. The molecule has 1 aromatic rings. The molecule has 0 amide bonds. The van der Waals surface area contributed by atoms with E-state index in [1.807, 2.05) is 0 Å². The van der Waals surface area contributed by atoms with Crippen LogP contribution < -0.4 is 0 Å². The maximum Gasteiger partial charge on any atom is 0.154 e. The number of rotatable bonds is 2. The van der Waals surface area contributed by atoms with Gasteiger partial charge in [0.1, 0.15) is 0 Å². The molecule has 0 aliphatic carbocycles. The molecule has 52 valence electrons. The summed E-state index contributed by atoms with van der Waals surface area (Å²) < 4.78 is 1.46. The number of aromatic nitrogens is 3. The van der Waals surface area contributed by atoms with Crippen LogP contribution in [0.5, 0.6) is 0 Å². The second kappa shape index (κ2) is 2.91. The molecule has 0 spiro atoms. The predicted octanol–water partition coefficient (Wildman–Crippen LogP) is 0.338. The molecule has 0 unspecified atom stereocenters. The number of carbonyl (C=O) groups excluding carboxylic acids is 1. The van der Waals surface area contributed by atoms with Gasteiger partial charge in [-0.2, -0.15) is 0 Å². The average molecular weight is 137 g/mol. The number of ketones is 1. The molecule has 0 aliphatic rings. The standard InChI is InChI=1S/C6H7N3O/c1-6(10)2-4-9-5-3-7-8-9/h2-5H,1H3. The molecule has 4 nitrogen and oxygen atoms in total. The highest BCUT2D eigenvalue weighted by Gasteiger charge is 1.83. The van der Waals surface area contributed by atoms with E-state index in [0.29, 0.717) is 0 Å². The maximum absolute atomic E-state index is 10.4. The van der Waals surface area contributed by atoms with Crippen molar-refractivity contribution >= 4 is 12.0 Å². The van der Waals surface area contributed by atoms with Gasteiger partial charge in [0.05, 0.1) is 12.4 Å². The third-order valence-electron chi connectivity index (χ3n) is 0.903. The largest absolute Gasteiger partial charge is 0.295 e. The van der Waals surface area contributed by atoms with Gasteiger partial charge in [0, 0.05) is 6.20 Å². The third kappa shape index (κ3) is 1.81. The molecule has 0 radical (unpaired) electrons. The van der Waals surface area contributed by atoms with Crippen LogP contribution in [0.4, 0.5) is 0 Å². The predicted molar refractivity (Wildman–Crippen MR) is 36.0 cm³/mol. The zero-order valence-corrected chi connectivity index (χ0v) is 5.56. The molecule has 10 heavy (non-hydrogen) atoms. The van der Waals surface area contributed by atoms with Crippen LogP contribution in [-0.4, -0.2) is 20.8 Å². The average Bonchev–Trinajstić information content (AvgIpc) is 2.34. The molecular formula is C6H7N3O. The van der Waals surface area contributed by atoms with E-state index in [1.54, 1.807) is 18.6 Å². The van der Waals surface area contributed by atoms with Crippen LogP contribution in [-0.2, 0) is 4.79 Å². The Morgan fingerprint density at radius 3 is 3.00 bits per heavy atom. The van der Waals surface area contributed by atoms with Crippen LogP contribution in [0.3, 0.4) is 0 Å². The Morgan fingerprint density at radius 1 is 1.70 bits per heavy atom. The number of hydrogen-bond donors (Lipinski definition) is 0. The van der Waals surface area contributed by atoms with Gasteiger partial charge in [-0.15, -0.1) is 5.10 Å². The summed E-state index contributed by atoms with van der Waals surface area (Å²) in [7, 11) is 0.